The van der Waals surface area contributed by atoms with E-state index in [9.17, 15) is 8.42 Å². The van der Waals surface area contributed by atoms with Gasteiger partial charge in [0.15, 0.2) is 0 Å². The van der Waals surface area contributed by atoms with E-state index in [4.69, 9.17) is 4.74 Å². The van der Waals surface area contributed by atoms with E-state index in [0.29, 0.717) is 26.3 Å². The fourth-order valence-corrected chi connectivity index (χ4v) is 4.65. The van der Waals surface area contributed by atoms with Crippen LogP contribution in [-0.2, 0) is 21.2 Å². The molecular weight excluding hydrogens is 344 g/mol. The van der Waals surface area contributed by atoms with Gasteiger partial charge in [-0.05, 0) is 24.1 Å². The number of aryl methyl sites for hydroxylation is 1. The van der Waals surface area contributed by atoms with E-state index < -0.39 is 10.0 Å². The standard InChI is InChI=1S/C17H20N2O3S2/c20-24(21,19-9-11-22-12-10-19)16-6-7-17(18-14-16)23-13-8-15-4-2-1-3-5-15/h1-7,14H,8-13H2. The van der Waals surface area contributed by atoms with E-state index in [1.807, 2.05) is 18.2 Å². The zero-order valence-corrected chi connectivity index (χ0v) is 14.9. The van der Waals surface area contributed by atoms with Gasteiger partial charge in [-0.2, -0.15) is 4.31 Å². The molecule has 1 aromatic carbocycles. The lowest BCUT2D eigenvalue weighted by molar-refractivity contribution is 0.0730. The molecule has 1 aromatic heterocycles. The van der Waals surface area contributed by atoms with Crippen molar-refractivity contribution in [2.75, 3.05) is 32.1 Å². The Morgan fingerprint density at radius 3 is 2.50 bits per heavy atom. The molecule has 0 radical (unpaired) electrons. The van der Waals surface area contributed by atoms with Gasteiger partial charge in [-0.25, -0.2) is 13.4 Å². The minimum Gasteiger partial charge on any atom is -0.379 e. The van der Waals surface area contributed by atoms with Gasteiger partial charge >= 0.3 is 0 Å². The smallest absolute Gasteiger partial charge is 0.244 e. The third-order valence-electron chi connectivity index (χ3n) is 3.80. The van der Waals surface area contributed by atoms with Crippen molar-refractivity contribution in [3.8, 4) is 0 Å². The van der Waals surface area contributed by atoms with Gasteiger partial charge in [0.05, 0.1) is 18.2 Å². The number of thioether (sulfide) groups is 1. The van der Waals surface area contributed by atoms with E-state index >= 15 is 0 Å². The first-order chi connectivity index (χ1) is 11.7. The van der Waals surface area contributed by atoms with Gasteiger partial charge in [-0.15, -0.1) is 11.8 Å². The number of sulfonamides is 1. The molecule has 2 heterocycles. The van der Waals surface area contributed by atoms with Crippen LogP contribution < -0.4 is 0 Å². The average molecular weight is 364 g/mol. The lowest BCUT2D eigenvalue weighted by atomic mass is 10.2. The van der Waals surface area contributed by atoms with Gasteiger partial charge in [0.2, 0.25) is 10.0 Å². The molecule has 0 amide bonds. The molecule has 24 heavy (non-hydrogen) atoms. The molecule has 1 fully saturated rings. The molecule has 1 saturated heterocycles. The monoisotopic (exact) mass is 364 g/mol. The van der Waals surface area contributed by atoms with Gasteiger partial charge in [0, 0.05) is 25.0 Å². The van der Waals surface area contributed by atoms with E-state index in [2.05, 4.69) is 17.1 Å². The molecule has 5 nitrogen and oxygen atoms in total. The van der Waals surface area contributed by atoms with Crippen LogP contribution >= 0.6 is 11.8 Å². The SMILES string of the molecule is O=S(=O)(c1ccc(SCCc2ccccc2)nc1)N1CCOCC1. The van der Waals surface area contributed by atoms with Crippen LogP contribution in [0.3, 0.4) is 0 Å². The summed E-state index contributed by atoms with van der Waals surface area (Å²) in [6.07, 6.45) is 2.41. The van der Waals surface area contributed by atoms with Crippen molar-refractivity contribution in [1.82, 2.24) is 9.29 Å². The molecule has 128 valence electrons. The maximum absolute atomic E-state index is 12.5. The van der Waals surface area contributed by atoms with Gasteiger partial charge in [-0.3, -0.25) is 0 Å². The van der Waals surface area contributed by atoms with Gasteiger partial charge in [0.25, 0.3) is 0 Å². The number of rotatable bonds is 6. The normalized spacial score (nSPS) is 16.2. The molecule has 0 spiro atoms. The fourth-order valence-electron chi connectivity index (χ4n) is 2.46. The second-order valence-corrected chi connectivity index (χ2v) is 8.49. The van der Waals surface area contributed by atoms with Crippen LogP contribution in [-0.4, -0.2) is 49.8 Å². The summed E-state index contributed by atoms with van der Waals surface area (Å²) in [5.74, 6) is 0.909. The molecule has 0 unspecified atom stereocenters. The molecule has 0 bridgehead atoms. The zero-order valence-electron chi connectivity index (χ0n) is 13.3. The molecule has 1 aliphatic rings. The third-order valence-corrected chi connectivity index (χ3v) is 6.63. The number of benzene rings is 1. The Kier molecular flexibility index (Phi) is 5.89. The number of aromatic nitrogens is 1. The Morgan fingerprint density at radius 2 is 1.83 bits per heavy atom. The third kappa shape index (κ3) is 4.36. The first-order valence-electron chi connectivity index (χ1n) is 7.87. The van der Waals surface area contributed by atoms with Crippen molar-refractivity contribution in [1.29, 1.82) is 0 Å². The first kappa shape index (κ1) is 17.4. The minimum atomic E-state index is -3.46. The van der Waals surface area contributed by atoms with Crippen LogP contribution in [0.1, 0.15) is 5.56 Å². The highest BCUT2D eigenvalue weighted by atomic mass is 32.2. The molecule has 0 saturated carbocycles. The Morgan fingerprint density at radius 1 is 1.08 bits per heavy atom. The highest BCUT2D eigenvalue weighted by Crippen LogP contribution is 2.21. The average Bonchev–Trinajstić information content (AvgIpc) is 2.64. The second-order valence-electron chi connectivity index (χ2n) is 5.43. The lowest BCUT2D eigenvalue weighted by Gasteiger charge is -2.25. The summed E-state index contributed by atoms with van der Waals surface area (Å²) in [7, 11) is -3.46. The van der Waals surface area contributed by atoms with Crippen LogP contribution in [0, 0.1) is 0 Å². The molecule has 1 aliphatic heterocycles. The molecular formula is C17H20N2O3S2. The van der Waals surface area contributed by atoms with Crippen LogP contribution in [0.25, 0.3) is 0 Å². The Bertz CT molecular complexity index is 743. The van der Waals surface area contributed by atoms with E-state index in [-0.39, 0.29) is 4.90 Å². The summed E-state index contributed by atoms with van der Waals surface area (Å²) < 4.78 is 31.7. The number of morpholine rings is 1. The van der Waals surface area contributed by atoms with Crippen molar-refractivity contribution in [2.45, 2.75) is 16.3 Å². The highest BCUT2D eigenvalue weighted by molar-refractivity contribution is 7.99. The predicted molar refractivity (Wildman–Crippen MR) is 94.7 cm³/mol. The lowest BCUT2D eigenvalue weighted by Crippen LogP contribution is -2.40. The van der Waals surface area contributed by atoms with E-state index in [0.717, 1.165) is 17.2 Å². The van der Waals surface area contributed by atoms with Gasteiger partial charge in [0.1, 0.15) is 4.90 Å². The summed E-state index contributed by atoms with van der Waals surface area (Å²) in [4.78, 5) is 4.54. The summed E-state index contributed by atoms with van der Waals surface area (Å²) in [6.45, 7) is 1.69. The van der Waals surface area contributed by atoms with Crippen molar-refractivity contribution < 1.29 is 13.2 Å². The Labute approximate surface area is 147 Å². The second kappa shape index (κ2) is 8.11. The number of pyridine rings is 1. The Hall–Kier alpha value is -1.41. The molecule has 0 N–H and O–H groups in total. The predicted octanol–water partition coefficient (Wildman–Crippen LogP) is 2.44. The maximum atomic E-state index is 12.5. The quantitative estimate of drug-likeness (QED) is 0.737. The van der Waals surface area contributed by atoms with Crippen LogP contribution in [0.5, 0.6) is 0 Å². The van der Waals surface area contributed by atoms with Gasteiger partial charge in [-0.1, -0.05) is 30.3 Å². The van der Waals surface area contributed by atoms with Crippen molar-refractivity contribution in [3.63, 3.8) is 0 Å². The van der Waals surface area contributed by atoms with E-state index in [1.165, 1.54) is 16.1 Å². The number of hydrogen-bond acceptors (Lipinski definition) is 5. The molecule has 0 aliphatic carbocycles. The number of ether oxygens (including phenoxy) is 1. The topological polar surface area (TPSA) is 59.5 Å². The molecule has 0 atom stereocenters. The first-order valence-corrected chi connectivity index (χ1v) is 10.3. The fraction of sp³-hybridized carbons (Fsp3) is 0.353. The van der Waals surface area contributed by atoms with Crippen molar-refractivity contribution >= 4 is 21.8 Å². The largest absolute Gasteiger partial charge is 0.379 e. The zero-order chi connectivity index (χ0) is 16.8. The van der Waals surface area contributed by atoms with Gasteiger partial charge < -0.3 is 4.74 Å². The highest BCUT2D eigenvalue weighted by Gasteiger charge is 2.26. The van der Waals surface area contributed by atoms with Crippen LogP contribution in [0.2, 0.25) is 0 Å². The number of nitrogens with zero attached hydrogens (tertiary/aromatic N) is 2. The molecule has 2 aromatic rings. The number of hydrogen-bond donors (Lipinski definition) is 0. The van der Waals surface area contributed by atoms with Crippen molar-refractivity contribution in [2.24, 2.45) is 0 Å². The van der Waals surface area contributed by atoms with Crippen LogP contribution in [0.15, 0.2) is 58.6 Å². The summed E-state index contributed by atoms with van der Waals surface area (Å²) in [5, 5.41) is 0.840. The maximum Gasteiger partial charge on any atom is 0.244 e. The summed E-state index contributed by atoms with van der Waals surface area (Å²) in [6, 6.07) is 13.7. The van der Waals surface area contributed by atoms with Crippen molar-refractivity contribution in [3.05, 3.63) is 54.2 Å². The summed E-state index contributed by atoms with van der Waals surface area (Å²) >= 11 is 1.63. The van der Waals surface area contributed by atoms with Crippen LogP contribution in [0.4, 0.5) is 0 Å². The Balaban J connectivity index is 1.58. The molecule has 7 heteroatoms. The summed E-state index contributed by atoms with van der Waals surface area (Å²) in [5.41, 5.74) is 1.29. The molecule has 3 rings (SSSR count). The minimum absolute atomic E-state index is 0.247. The van der Waals surface area contributed by atoms with E-state index in [1.54, 1.807) is 23.9 Å².